The molecule has 0 spiro atoms. The van der Waals surface area contributed by atoms with Crippen LogP contribution in [0.5, 0.6) is 11.5 Å². The zero-order valence-corrected chi connectivity index (χ0v) is 16.8. The summed E-state index contributed by atoms with van der Waals surface area (Å²) in [6.07, 6.45) is 1.57. The summed E-state index contributed by atoms with van der Waals surface area (Å²) < 4.78 is 15.8. The molecule has 2 rings (SSSR count). The lowest BCUT2D eigenvalue weighted by molar-refractivity contribution is -0.146. The summed E-state index contributed by atoms with van der Waals surface area (Å²) in [5.41, 5.74) is 1.05. The van der Waals surface area contributed by atoms with Crippen molar-refractivity contribution in [3.63, 3.8) is 0 Å². The number of ether oxygens (including phenoxy) is 3. The van der Waals surface area contributed by atoms with Gasteiger partial charge >= 0.3 is 5.97 Å². The van der Waals surface area contributed by atoms with Crippen LogP contribution in [-0.2, 0) is 16.1 Å². The van der Waals surface area contributed by atoms with Crippen molar-refractivity contribution in [1.82, 2.24) is 10.2 Å². The zero-order valence-electron chi connectivity index (χ0n) is 16.8. The van der Waals surface area contributed by atoms with Gasteiger partial charge in [-0.3, -0.25) is 4.79 Å². The molecule has 1 saturated heterocycles. The fourth-order valence-electron chi connectivity index (χ4n) is 3.17. The Labute approximate surface area is 161 Å². The lowest BCUT2D eigenvalue weighted by atomic mass is 9.97. The van der Waals surface area contributed by atoms with E-state index in [2.05, 4.69) is 17.1 Å². The number of rotatable bonds is 7. The Balaban J connectivity index is 2.05. The highest BCUT2D eigenvalue weighted by Crippen LogP contribution is 2.28. The molecule has 1 aliphatic rings. The molecule has 0 unspecified atom stereocenters. The van der Waals surface area contributed by atoms with Crippen molar-refractivity contribution in [2.24, 2.45) is 10.9 Å². The molecule has 7 heteroatoms. The maximum Gasteiger partial charge on any atom is 0.308 e. The number of aliphatic imine (C=N–C) groups is 1. The van der Waals surface area contributed by atoms with E-state index in [4.69, 9.17) is 19.2 Å². The van der Waals surface area contributed by atoms with Crippen molar-refractivity contribution in [3.8, 4) is 11.5 Å². The van der Waals surface area contributed by atoms with Crippen molar-refractivity contribution in [3.05, 3.63) is 23.8 Å². The average molecular weight is 377 g/mol. The summed E-state index contributed by atoms with van der Waals surface area (Å²) in [4.78, 5) is 18.7. The first-order valence-corrected chi connectivity index (χ1v) is 9.53. The molecule has 0 atom stereocenters. The van der Waals surface area contributed by atoms with Gasteiger partial charge in [-0.15, -0.1) is 0 Å². The SMILES string of the molecule is CCNC(=NCc1ccc(OC)c(OCC)c1)N1CCC(C(=O)OC)CC1. The van der Waals surface area contributed by atoms with Gasteiger partial charge in [-0.1, -0.05) is 6.07 Å². The zero-order chi connectivity index (χ0) is 19.6. The minimum atomic E-state index is -0.113. The summed E-state index contributed by atoms with van der Waals surface area (Å²) in [6.45, 7) is 7.51. The topological polar surface area (TPSA) is 72.4 Å². The largest absolute Gasteiger partial charge is 0.493 e. The maximum absolute atomic E-state index is 11.7. The molecule has 7 nitrogen and oxygen atoms in total. The number of carbonyl (C=O) groups excluding carboxylic acids is 1. The van der Waals surface area contributed by atoms with Crippen LogP contribution in [0, 0.1) is 5.92 Å². The van der Waals surface area contributed by atoms with E-state index in [9.17, 15) is 4.79 Å². The molecule has 0 bridgehead atoms. The molecule has 0 aromatic heterocycles. The number of nitrogens with one attached hydrogen (secondary N) is 1. The molecule has 1 aromatic carbocycles. The lowest BCUT2D eigenvalue weighted by Crippen LogP contribution is -2.46. The van der Waals surface area contributed by atoms with Gasteiger partial charge in [0.2, 0.25) is 0 Å². The van der Waals surface area contributed by atoms with E-state index in [-0.39, 0.29) is 11.9 Å². The van der Waals surface area contributed by atoms with Gasteiger partial charge in [0.1, 0.15) is 0 Å². The smallest absolute Gasteiger partial charge is 0.308 e. The first-order chi connectivity index (χ1) is 13.1. The van der Waals surface area contributed by atoms with Gasteiger partial charge in [-0.05, 0) is 44.4 Å². The molecule has 0 radical (unpaired) electrons. The molecule has 0 aliphatic carbocycles. The van der Waals surface area contributed by atoms with Crippen LogP contribution in [0.4, 0.5) is 0 Å². The molecule has 1 N–H and O–H groups in total. The maximum atomic E-state index is 11.7. The van der Waals surface area contributed by atoms with Crippen LogP contribution in [-0.4, -0.2) is 57.3 Å². The molecule has 27 heavy (non-hydrogen) atoms. The highest BCUT2D eigenvalue weighted by molar-refractivity contribution is 5.80. The normalized spacial score (nSPS) is 15.4. The van der Waals surface area contributed by atoms with E-state index in [1.165, 1.54) is 7.11 Å². The van der Waals surface area contributed by atoms with Crippen LogP contribution in [0.2, 0.25) is 0 Å². The number of likely N-dealkylation sites (tertiary alicyclic amines) is 1. The fourth-order valence-corrected chi connectivity index (χ4v) is 3.17. The standard InChI is InChI=1S/C20H31N3O4/c1-5-21-20(23-11-9-16(10-12-23)19(24)26-4)22-14-15-7-8-17(25-3)18(13-15)27-6-2/h7-8,13,16H,5-6,9-12,14H2,1-4H3,(H,21,22). The van der Waals surface area contributed by atoms with E-state index in [0.717, 1.165) is 55.5 Å². The van der Waals surface area contributed by atoms with E-state index < -0.39 is 0 Å². The molecule has 1 aliphatic heterocycles. The van der Waals surface area contributed by atoms with E-state index in [0.29, 0.717) is 13.2 Å². The summed E-state index contributed by atoms with van der Waals surface area (Å²) >= 11 is 0. The summed E-state index contributed by atoms with van der Waals surface area (Å²) in [7, 11) is 3.09. The van der Waals surface area contributed by atoms with E-state index in [1.807, 2.05) is 25.1 Å². The fraction of sp³-hybridized carbons (Fsp3) is 0.600. The molecule has 0 saturated carbocycles. The summed E-state index contributed by atoms with van der Waals surface area (Å²) in [6, 6.07) is 5.88. The van der Waals surface area contributed by atoms with Gasteiger partial charge in [-0.25, -0.2) is 4.99 Å². The molecule has 1 aromatic rings. The van der Waals surface area contributed by atoms with Crippen LogP contribution >= 0.6 is 0 Å². The number of hydrogen-bond donors (Lipinski definition) is 1. The Morgan fingerprint density at radius 3 is 2.56 bits per heavy atom. The van der Waals surface area contributed by atoms with Crippen LogP contribution in [0.25, 0.3) is 0 Å². The number of nitrogens with zero attached hydrogens (tertiary/aromatic N) is 2. The number of hydrogen-bond acceptors (Lipinski definition) is 5. The third-order valence-electron chi connectivity index (χ3n) is 4.60. The first kappa shape index (κ1) is 20.9. The highest BCUT2D eigenvalue weighted by atomic mass is 16.5. The van der Waals surface area contributed by atoms with Crippen molar-refractivity contribution in [1.29, 1.82) is 0 Å². The number of benzene rings is 1. The van der Waals surface area contributed by atoms with Crippen LogP contribution in [0.15, 0.2) is 23.2 Å². The van der Waals surface area contributed by atoms with Gasteiger partial charge in [0.05, 0.1) is 33.3 Å². The van der Waals surface area contributed by atoms with Crippen molar-refractivity contribution in [2.45, 2.75) is 33.2 Å². The molecule has 1 fully saturated rings. The monoisotopic (exact) mass is 377 g/mol. The minimum absolute atomic E-state index is 0.00975. The quantitative estimate of drug-likeness (QED) is 0.447. The van der Waals surface area contributed by atoms with Crippen molar-refractivity contribution in [2.75, 3.05) is 40.5 Å². The van der Waals surface area contributed by atoms with Crippen LogP contribution in [0.1, 0.15) is 32.3 Å². The van der Waals surface area contributed by atoms with Gasteiger partial charge in [0, 0.05) is 19.6 Å². The lowest BCUT2D eigenvalue weighted by Gasteiger charge is -2.33. The Hall–Kier alpha value is -2.44. The molecule has 150 valence electrons. The molecular weight excluding hydrogens is 346 g/mol. The summed E-state index contributed by atoms with van der Waals surface area (Å²) in [5.74, 6) is 2.20. The second kappa shape index (κ2) is 10.6. The number of carbonyl (C=O) groups is 1. The summed E-state index contributed by atoms with van der Waals surface area (Å²) in [5, 5.41) is 3.35. The number of methoxy groups -OCH3 is 2. The molecule has 1 heterocycles. The second-order valence-corrected chi connectivity index (χ2v) is 6.37. The first-order valence-electron chi connectivity index (χ1n) is 9.53. The predicted octanol–water partition coefficient (Wildman–Crippen LogP) is 2.44. The Morgan fingerprint density at radius 2 is 1.96 bits per heavy atom. The molecule has 0 amide bonds. The third-order valence-corrected chi connectivity index (χ3v) is 4.60. The van der Waals surface area contributed by atoms with Crippen molar-refractivity contribution < 1.29 is 19.0 Å². The van der Waals surface area contributed by atoms with E-state index >= 15 is 0 Å². The van der Waals surface area contributed by atoms with Crippen LogP contribution < -0.4 is 14.8 Å². The predicted molar refractivity (Wildman–Crippen MR) is 105 cm³/mol. The second-order valence-electron chi connectivity index (χ2n) is 6.37. The van der Waals surface area contributed by atoms with Crippen molar-refractivity contribution >= 4 is 11.9 Å². The Bertz CT molecular complexity index is 640. The number of esters is 1. The van der Waals surface area contributed by atoms with Crippen LogP contribution in [0.3, 0.4) is 0 Å². The minimum Gasteiger partial charge on any atom is -0.493 e. The third kappa shape index (κ3) is 5.77. The number of piperidine rings is 1. The molecular formula is C20H31N3O4. The van der Waals surface area contributed by atoms with Gasteiger partial charge in [-0.2, -0.15) is 0 Å². The van der Waals surface area contributed by atoms with Gasteiger partial charge < -0.3 is 24.4 Å². The van der Waals surface area contributed by atoms with Gasteiger partial charge in [0.15, 0.2) is 17.5 Å². The highest BCUT2D eigenvalue weighted by Gasteiger charge is 2.26. The average Bonchev–Trinajstić information content (AvgIpc) is 2.71. The number of guanidine groups is 1. The Kier molecular flexibility index (Phi) is 8.23. The Morgan fingerprint density at radius 1 is 1.22 bits per heavy atom. The van der Waals surface area contributed by atoms with Gasteiger partial charge in [0.25, 0.3) is 0 Å². The van der Waals surface area contributed by atoms with E-state index in [1.54, 1.807) is 7.11 Å².